The van der Waals surface area contributed by atoms with Crippen molar-refractivity contribution >= 4 is 34.0 Å². The van der Waals surface area contributed by atoms with Gasteiger partial charge in [-0.25, -0.2) is 0 Å². The van der Waals surface area contributed by atoms with Crippen LogP contribution in [0.4, 0.5) is 5.13 Å². The number of hydrogen-bond donors (Lipinski definition) is 2. The highest BCUT2D eigenvalue weighted by Crippen LogP contribution is 2.31. The zero-order valence-electron chi connectivity index (χ0n) is 12.4. The Morgan fingerprint density at radius 2 is 2.09 bits per heavy atom. The average molecular weight is 353 g/mol. The second-order valence-electron chi connectivity index (χ2n) is 5.36. The molecule has 23 heavy (non-hydrogen) atoms. The molecule has 0 radical (unpaired) electrons. The lowest BCUT2D eigenvalue weighted by atomic mass is 9.92. The molecule has 2 aromatic rings. The smallest absolute Gasteiger partial charge is 0.243 e. The van der Waals surface area contributed by atoms with E-state index < -0.39 is 6.04 Å². The van der Waals surface area contributed by atoms with Gasteiger partial charge in [0, 0.05) is 18.8 Å². The molecule has 0 bridgehead atoms. The highest BCUT2D eigenvalue weighted by atomic mass is 35.5. The number of aromatic nitrogens is 2. The van der Waals surface area contributed by atoms with Crippen LogP contribution in [0, 0.1) is 5.92 Å². The van der Waals surface area contributed by atoms with Crippen LogP contribution in [0.5, 0.6) is 0 Å². The first kappa shape index (κ1) is 16.3. The summed E-state index contributed by atoms with van der Waals surface area (Å²) in [7, 11) is 0. The summed E-state index contributed by atoms with van der Waals surface area (Å²) >= 11 is 7.42. The van der Waals surface area contributed by atoms with Gasteiger partial charge in [-0.05, 0) is 24.8 Å². The lowest BCUT2D eigenvalue weighted by Crippen LogP contribution is -2.43. The molecular formula is C15H17ClN4O2S. The Bertz CT molecular complexity index is 688. The first-order valence-electron chi connectivity index (χ1n) is 7.38. The van der Waals surface area contributed by atoms with E-state index in [9.17, 15) is 4.79 Å². The van der Waals surface area contributed by atoms with Gasteiger partial charge in [0.25, 0.3) is 0 Å². The molecule has 1 fully saturated rings. The van der Waals surface area contributed by atoms with E-state index in [4.69, 9.17) is 22.1 Å². The lowest BCUT2D eigenvalue weighted by molar-refractivity contribution is -0.119. The molecule has 122 valence electrons. The SMILES string of the molecule is NC(C(=O)Nc1nnc(-c2ccccc2Cl)s1)C1CCOCC1. The van der Waals surface area contributed by atoms with E-state index in [-0.39, 0.29) is 11.8 Å². The Morgan fingerprint density at radius 1 is 1.35 bits per heavy atom. The minimum absolute atomic E-state index is 0.139. The fourth-order valence-corrected chi connectivity index (χ4v) is 3.56. The standard InChI is InChI=1S/C15H17ClN4O2S/c16-11-4-2-1-3-10(11)14-19-20-15(23-14)18-13(21)12(17)9-5-7-22-8-6-9/h1-4,9,12H,5-8,17H2,(H,18,20,21). The summed E-state index contributed by atoms with van der Waals surface area (Å²) in [5, 5.41) is 12.5. The maximum atomic E-state index is 12.3. The highest BCUT2D eigenvalue weighted by molar-refractivity contribution is 7.18. The quantitative estimate of drug-likeness (QED) is 0.882. The molecule has 1 aromatic heterocycles. The van der Waals surface area contributed by atoms with Gasteiger partial charge in [-0.1, -0.05) is 41.1 Å². The first-order chi connectivity index (χ1) is 11.1. The Morgan fingerprint density at radius 3 is 2.83 bits per heavy atom. The molecule has 1 saturated heterocycles. The Kier molecular flexibility index (Phi) is 5.22. The molecule has 3 N–H and O–H groups in total. The summed E-state index contributed by atoms with van der Waals surface area (Å²) in [6, 6.07) is 6.82. The third-order valence-electron chi connectivity index (χ3n) is 3.84. The van der Waals surface area contributed by atoms with Crippen molar-refractivity contribution in [3.63, 3.8) is 0 Å². The number of halogens is 1. The Balaban J connectivity index is 1.66. The number of nitrogens with zero attached hydrogens (tertiary/aromatic N) is 2. The summed E-state index contributed by atoms with van der Waals surface area (Å²) in [6.07, 6.45) is 1.60. The van der Waals surface area contributed by atoms with Crippen LogP contribution in [0.1, 0.15) is 12.8 Å². The number of anilines is 1. The van der Waals surface area contributed by atoms with Crippen molar-refractivity contribution in [1.29, 1.82) is 0 Å². The van der Waals surface area contributed by atoms with Crippen LogP contribution in [0.25, 0.3) is 10.6 Å². The van der Waals surface area contributed by atoms with Crippen LogP contribution in [-0.4, -0.2) is 35.4 Å². The van der Waals surface area contributed by atoms with Crippen LogP contribution in [0.2, 0.25) is 5.02 Å². The van der Waals surface area contributed by atoms with E-state index in [1.165, 1.54) is 11.3 Å². The van der Waals surface area contributed by atoms with E-state index >= 15 is 0 Å². The zero-order chi connectivity index (χ0) is 16.2. The van der Waals surface area contributed by atoms with Crippen molar-refractivity contribution in [3.8, 4) is 10.6 Å². The van der Waals surface area contributed by atoms with Crippen LogP contribution in [-0.2, 0) is 9.53 Å². The van der Waals surface area contributed by atoms with Crippen molar-refractivity contribution in [1.82, 2.24) is 10.2 Å². The molecule has 1 unspecified atom stereocenters. The number of carbonyl (C=O) groups is 1. The van der Waals surface area contributed by atoms with Gasteiger partial charge < -0.3 is 10.5 Å². The first-order valence-corrected chi connectivity index (χ1v) is 8.57. The number of ether oxygens (including phenoxy) is 1. The topological polar surface area (TPSA) is 90.1 Å². The van der Waals surface area contributed by atoms with Gasteiger partial charge in [0.05, 0.1) is 11.1 Å². The maximum absolute atomic E-state index is 12.3. The van der Waals surface area contributed by atoms with E-state index in [0.717, 1.165) is 18.4 Å². The average Bonchev–Trinajstić information content (AvgIpc) is 3.03. The summed E-state index contributed by atoms with van der Waals surface area (Å²) < 4.78 is 5.29. The van der Waals surface area contributed by atoms with Gasteiger partial charge in [0.2, 0.25) is 11.0 Å². The molecule has 1 atom stereocenters. The Labute approximate surface area is 143 Å². The lowest BCUT2D eigenvalue weighted by Gasteiger charge is -2.26. The summed E-state index contributed by atoms with van der Waals surface area (Å²) in [6.45, 7) is 1.31. The molecule has 8 heteroatoms. The van der Waals surface area contributed by atoms with Crippen molar-refractivity contribution < 1.29 is 9.53 Å². The monoisotopic (exact) mass is 352 g/mol. The van der Waals surface area contributed by atoms with Crippen LogP contribution in [0.3, 0.4) is 0 Å². The minimum Gasteiger partial charge on any atom is -0.381 e. The fourth-order valence-electron chi connectivity index (χ4n) is 2.49. The number of hydrogen-bond acceptors (Lipinski definition) is 6. The van der Waals surface area contributed by atoms with Gasteiger partial charge in [0.1, 0.15) is 0 Å². The molecule has 6 nitrogen and oxygen atoms in total. The van der Waals surface area contributed by atoms with E-state index in [1.807, 2.05) is 18.2 Å². The summed E-state index contributed by atoms with van der Waals surface area (Å²) in [4.78, 5) is 12.3. The molecule has 1 amide bonds. The molecule has 3 rings (SSSR count). The molecular weight excluding hydrogens is 336 g/mol. The number of benzene rings is 1. The van der Waals surface area contributed by atoms with E-state index in [2.05, 4.69) is 15.5 Å². The van der Waals surface area contributed by atoms with Crippen LogP contribution >= 0.6 is 22.9 Å². The zero-order valence-corrected chi connectivity index (χ0v) is 13.9. The summed E-state index contributed by atoms with van der Waals surface area (Å²) in [5.74, 6) is -0.0986. The minimum atomic E-state index is -0.563. The molecule has 0 saturated carbocycles. The van der Waals surface area contributed by atoms with E-state index in [0.29, 0.717) is 28.4 Å². The maximum Gasteiger partial charge on any atom is 0.243 e. The molecule has 0 spiro atoms. The predicted molar refractivity (Wildman–Crippen MR) is 90.5 cm³/mol. The van der Waals surface area contributed by atoms with Crippen LogP contribution < -0.4 is 11.1 Å². The third kappa shape index (κ3) is 3.87. The molecule has 1 aromatic carbocycles. The highest BCUT2D eigenvalue weighted by Gasteiger charge is 2.27. The second-order valence-corrected chi connectivity index (χ2v) is 6.74. The largest absolute Gasteiger partial charge is 0.381 e. The number of amides is 1. The van der Waals surface area contributed by atoms with Crippen molar-refractivity contribution in [2.24, 2.45) is 11.7 Å². The van der Waals surface area contributed by atoms with Crippen molar-refractivity contribution in [2.75, 3.05) is 18.5 Å². The van der Waals surface area contributed by atoms with Gasteiger partial charge in [0.15, 0.2) is 5.01 Å². The summed E-state index contributed by atoms with van der Waals surface area (Å²) in [5.41, 5.74) is 6.84. The van der Waals surface area contributed by atoms with E-state index in [1.54, 1.807) is 6.07 Å². The Hall–Kier alpha value is -1.54. The van der Waals surface area contributed by atoms with Gasteiger partial charge >= 0.3 is 0 Å². The third-order valence-corrected chi connectivity index (χ3v) is 5.04. The van der Waals surface area contributed by atoms with Gasteiger partial charge in [-0.2, -0.15) is 0 Å². The molecule has 1 aliphatic rings. The number of nitrogens with one attached hydrogen (secondary N) is 1. The number of nitrogens with two attached hydrogens (primary N) is 1. The van der Waals surface area contributed by atoms with Gasteiger partial charge in [-0.15, -0.1) is 10.2 Å². The van der Waals surface area contributed by atoms with Crippen molar-refractivity contribution in [3.05, 3.63) is 29.3 Å². The fraction of sp³-hybridized carbons (Fsp3) is 0.400. The van der Waals surface area contributed by atoms with Crippen molar-refractivity contribution in [2.45, 2.75) is 18.9 Å². The second kappa shape index (κ2) is 7.35. The predicted octanol–water partition coefficient (Wildman–Crippen LogP) is 2.55. The molecule has 2 heterocycles. The van der Waals surface area contributed by atoms with Crippen LogP contribution in [0.15, 0.2) is 24.3 Å². The molecule has 1 aliphatic heterocycles. The van der Waals surface area contributed by atoms with Gasteiger partial charge in [-0.3, -0.25) is 10.1 Å². The molecule has 0 aliphatic carbocycles. The number of rotatable bonds is 4. The number of carbonyl (C=O) groups excluding carboxylic acids is 1. The normalized spacial score (nSPS) is 17.0.